The molecule has 144 valence electrons. The second kappa shape index (κ2) is 8.58. The van der Waals surface area contributed by atoms with Gasteiger partial charge in [0.05, 0.1) is 18.5 Å². The highest BCUT2D eigenvalue weighted by Crippen LogP contribution is 2.29. The van der Waals surface area contributed by atoms with Gasteiger partial charge in [0.2, 0.25) is 5.88 Å². The van der Waals surface area contributed by atoms with Crippen molar-refractivity contribution in [2.45, 2.75) is 6.92 Å². The third-order valence-electron chi connectivity index (χ3n) is 3.93. The molecule has 2 amide bonds. The van der Waals surface area contributed by atoms with E-state index in [1.165, 1.54) is 12.0 Å². The molecule has 0 saturated heterocycles. The Bertz CT molecular complexity index is 962. The SMILES string of the molecule is COc1ccc(Cl)cc1NC(=O)N(C)c1ccc(Oc2ccc(C)nn2)cc1. The molecule has 3 rings (SSSR count). The van der Waals surface area contributed by atoms with Crippen LogP contribution in [0, 0.1) is 6.92 Å². The first-order valence-corrected chi connectivity index (χ1v) is 8.80. The molecule has 2 aromatic carbocycles. The second-order valence-corrected chi connectivity index (χ2v) is 6.38. The van der Waals surface area contributed by atoms with Gasteiger partial charge in [-0.1, -0.05) is 11.6 Å². The minimum absolute atomic E-state index is 0.335. The van der Waals surface area contributed by atoms with Crippen molar-refractivity contribution >= 4 is 29.0 Å². The number of rotatable bonds is 5. The molecule has 0 aliphatic carbocycles. The van der Waals surface area contributed by atoms with Gasteiger partial charge in [0, 0.05) is 23.8 Å². The molecule has 1 aromatic heterocycles. The summed E-state index contributed by atoms with van der Waals surface area (Å²) in [6.45, 7) is 1.85. The monoisotopic (exact) mass is 398 g/mol. The zero-order valence-electron chi connectivity index (χ0n) is 15.6. The van der Waals surface area contributed by atoms with E-state index < -0.39 is 0 Å². The van der Waals surface area contributed by atoms with Crippen LogP contribution in [0.2, 0.25) is 5.02 Å². The number of amides is 2. The van der Waals surface area contributed by atoms with E-state index in [4.69, 9.17) is 21.1 Å². The molecule has 0 fully saturated rings. The summed E-state index contributed by atoms with van der Waals surface area (Å²) in [6, 6.07) is 15.3. The normalized spacial score (nSPS) is 10.3. The number of ether oxygens (including phenoxy) is 2. The van der Waals surface area contributed by atoms with E-state index in [0.717, 1.165) is 5.69 Å². The van der Waals surface area contributed by atoms with Crippen LogP contribution < -0.4 is 19.7 Å². The average Bonchev–Trinajstić information content (AvgIpc) is 2.70. The molecule has 0 unspecified atom stereocenters. The lowest BCUT2D eigenvalue weighted by atomic mass is 10.2. The Kier molecular flexibility index (Phi) is 5.96. The number of anilines is 2. The predicted molar refractivity (Wildman–Crippen MR) is 109 cm³/mol. The molecule has 0 radical (unpaired) electrons. The molecule has 3 aromatic rings. The van der Waals surface area contributed by atoms with E-state index in [-0.39, 0.29) is 6.03 Å². The minimum Gasteiger partial charge on any atom is -0.495 e. The molecule has 0 spiro atoms. The van der Waals surface area contributed by atoms with Crippen molar-refractivity contribution in [2.75, 3.05) is 24.4 Å². The van der Waals surface area contributed by atoms with Crippen molar-refractivity contribution in [1.82, 2.24) is 10.2 Å². The summed E-state index contributed by atoms with van der Waals surface area (Å²) in [4.78, 5) is 14.0. The van der Waals surface area contributed by atoms with Gasteiger partial charge in [-0.15, -0.1) is 5.10 Å². The van der Waals surface area contributed by atoms with Gasteiger partial charge in [-0.25, -0.2) is 4.79 Å². The fourth-order valence-electron chi connectivity index (χ4n) is 2.39. The van der Waals surface area contributed by atoms with Crippen molar-refractivity contribution in [2.24, 2.45) is 0 Å². The number of hydrogen-bond acceptors (Lipinski definition) is 5. The van der Waals surface area contributed by atoms with Crippen LogP contribution in [-0.4, -0.2) is 30.4 Å². The molecule has 8 heteroatoms. The fourth-order valence-corrected chi connectivity index (χ4v) is 2.57. The number of nitrogens with one attached hydrogen (secondary N) is 1. The number of hydrogen-bond donors (Lipinski definition) is 1. The van der Waals surface area contributed by atoms with E-state index in [1.54, 1.807) is 55.6 Å². The summed E-state index contributed by atoms with van der Waals surface area (Å²) in [5.74, 6) is 1.51. The Hall–Kier alpha value is -3.32. The maximum Gasteiger partial charge on any atom is 0.326 e. The van der Waals surface area contributed by atoms with E-state index in [0.29, 0.717) is 33.8 Å². The van der Waals surface area contributed by atoms with Crippen molar-refractivity contribution in [3.05, 3.63) is 65.3 Å². The number of carbonyl (C=O) groups excluding carboxylic acids is 1. The third kappa shape index (κ3) is 4.69. The molecular weight excluding hydrogens is 380 g/mol. The quantitative estimate of drug-likeness (QED) is 0.660. The number of aromatic nitrogens is 2. The molecule has 0 aliphatic heterocycles. The Morgan fingerprint density at radius 2 is 1.82 bits per heavy atom. The number of methoxy groups -OCH3 is 1. The van der Waals surface area contributed by atoms with Crippen LogP contribution in [0.15, 0.2) is 54.6 Å². The van der Waals surface area contributed by atoms with Crippen molar-refractivity contribution in [1.29, 1.82) is 0 Å². The summed E-state index contributed by atoms with van der Waals surface area (Å²) in [5.41, 5.74) is 1.98. The van der Waals surface area contributed by atoms with E-state index >= 15 is 0 Å². The van der Waals surface area contributed by atoms with Crippen molar-refractivity contribution in [3.8, 4) is 17.4 Å². The van der Waals surface area contributed by atoms with Crippen LogP contribution in [0.25, 0.3) is 0 Å². The predicted octanol–water partition coefficient (Wildman–Crippen LogP) is 4.91. The number of aryl methyl sites for hydroxylation is 1. The van der Waals surface area contributed by atoms with Crippen LogP contribution in [-0.2, 0) is 0 Å². The second-order valence-electron chi connectivity index (χ2n) is 5.94. The lowest BCUT2D eigenvalue weighted by Gasteiger charge is -2.19. The van der Waals surface area contributed by atoms with Gasteiger partial charge in [-0.3, -0.25) is 4.90 Å². The zero-order valence-corrected chi connectivity index (χ0v) is 16.4. The molecule has 1 N–H and O–H groups in total. The van der Waals surface area contributed by atoms with E-state index in [2.05, 4.69) is 15.5 Å². The molecule has 0 saturated carbocycles. The molecule has 28 heavy (non-hydrogen) atoms. The van der Waals surface area contributed by atoms with Gasteiger partial charge in [0.1, 0.15) is 11.5 Å². The van der Waals surface area contributed by atoms with Gasteiger partial charge < -0.3 is 14.8 Å². The first-order chi connectivity index (χ1) is 13.5. The fraction of sp³-hybridized carbons (Fsp3) is 0.150. The number of halogens is 1. The van der Waals surface area contributed by atoms with E-state index in [9.17, 15) is 4.79 Å². The van der Waals surface area contributed by atoms with Crippen LogP contribution in [0.1, 0.15) is 5.69 Å². The average molecular weight is 399 g/mol. The van der Waals surface area contributed by atoms with Crippen LogP contribution in [0.4, 0.5) is 16.2 Å². The third-order valence-corrected chi connectivity index (χ3v) is 4.16. The highest BCUT2D eigenvalue weighted by atomic mass is 35.5. The Labute approximate surface area is 167 Å². The lowest BCUT2D eigenvalue weighted by molar-refractivity contribution is 0.258. The van der Waals surface area contributed by atoms with Gasteiger partial charge >= 0.3 is 6.03 Å². The van der Waals surface area contributed by atoms with Crippen LogP contribution in [0.5, 0.6) is 17.4 Å². The summed E-state index contributed by atoms with van der Waals surface area (Å²) in [6.07, 6.45) is 0. The van der Waals surface area contributed by atoms with Gasteiger partial charge in [-0.2, -0.15) is 5.10 Å². The highest BCUT2D eigenvalue weighted by molar-refractivity contribution is 6.31. The van der Waals surface area contributed by atoms with Gasteiger partial charge in [-0.05, 0) is 55.5 Å². The Balaban J connectivity index is 1.68. The van der Waals surface area contributed by atoms with Crippen LogP contribution in [0.3, 0.4) is 0 Å². The maximum absolute atomic E-state index is 12.6. The van der Waals surface area contributed by atoms with Crippen molar-refractivity contribution in [3.63, 3.8) is 0 Å². The first kappa shape index (κ1) is 19.4. The lowest BCUT2D eigenvalue weighted by Crippen LogP contribution is -2.31. The smallest absolute Gasteiger partial charge is 0.326 e. The topological polar surface area (TPSA) is 76.6 Å². The summed E-state index contributed by atoms with van der Waals surface area (Å²) < 4.78 is 10.9. The standard InChI is InChI=1S/C20H19ClN4O3/c1-13-4-11-19(24-23-13)28-16-8-6-15(7-9-16)25(2)20(26)22-17-12-14(21)5-10-18(17)27-3/h4-12H,1-3H3,(H,22,26). The van der Waals surface area contributed by atoms with Crippen molar-refractivity contribution < 1.29 is 14.3 Å². The molecule has 1 heterocycles. The summed E-state index contributed by atoms with van der Waals surface area (Å²) in [5, 5.41) is 11.2. The van der Waals surface area contributed by atoms with E-state index in [1.807, 2.05) is 13.0 Å². The molecule has 0 bridgehead atoms. The molecule has 0 atom stereocenters. The molecule has 0 aliphatic rings. The Morgan fingerprint density at radius 1 is 1.07 bits per heavy atom. The molecular formula is C20H19ClN4O3. The Morgan fingerprint density at radius 3 is 2.46 bits per heavy atom. The van der Waals surface area contributed by atoms with Gasteiger partial charge in [0.15, 0.2) is 0 Å². The summed E-state index contributed by atoms with van der Waals surface area (Å²) >= 11 is 6.00. The van der Waals surface area contributed by atoms with Crippen LogP contribution >= 0.6 is 11.6 Å². The first-order valence-electron chi connectivity index (χ1n) is 8.43. The number of carbonyl (C=O) groups is 1. The minimum atomic E-state index is -0.335. The number of nitrogens with zero attached hydrogens (tertiary/aromatic N) is 3. The largest absolute Gasteiger partial charge is 0.495 e. The van der Waals surface area contributed by atoms with Gasteiger partial charge in [0.25, 0.3) is 0 Å². The molecule has 7 nitrogen and oxygen atoms in total. The zero-order chi connectivity index (χ0) is 20.1. The number of benzene rings is 2. The maximum atomic E-state index is 12.6. The highest BCUT2D eigenvalue weighted by Gasteiger charge is 2.14. The number of urea groups is 1. The summed E-state index contributed by atoms with van der Waals surface area (Å²) in [7, 11) is 3.19.